The molecule has 0 saturated carbocycles. The number of rotatable bonds is 2. The molecule has 0 bridgehead atoms. The summed E-state index contributed by atoms with van der Waals surface area (Å²) < 4.78 is 6.17. The van der Waals surface area contributed by atoms with Crippen LogP contribution in [0.2, 0.25) is 0 Å². The van der Waals surface area contributed by atoms with Crippen LogP contribution in [-0.2, 0) is 4.74 Å². The number of carbonyl (C=O) groups is 1. The smallest absolute Gasteiger partial charge is 0.323 e. The molecule has 8 heteroatoms. The highest BCUT2D eigenvalue weighted by Crippen LogP contribution is 2.30. The number of aromatic nitrogens is 1. The second-order valence-electron chi connectivity index (χ2n) is 4.37. The lowest BCUT2D eigenvalue weighted by molar-refractivity contribution is 0.0564. The standard InChI is InChI=1S/C13H12N4O2S2/c14-8-20-9-1-2-10-11(7-9)21-12(15-10)16-13(18)17-3-5-19-6-4-17/h1-2,7H,3-6H2,(H,15,16,18). The lowest BCUT2D eigenvalue weighted by Gasteiger charge is -2.26. The second-order valence-corrected chi connectivity index (χ2v) is 6.26. The number of nitriles is 1. The molecule has 0 atom stereocenters. The van der Waals surface area contributed by atoms with Gasteiger partial charge in [-0.1, -0.05) is 11.3 Å². The minimum Gasteiger partial charge on any atom is -0.378 e. The van der Waals surface area contributed by atoms with Gasteiger partial charge in [0.15, 0.2) is 5.13 Å². The zero-order chi connectivity index (χ0) is 14.7. The van der Waals surface area contributed by atoms with Crippen molar-refractivity contribution in [3.8, 4) is 5.40 Å². The number of amides is 2. The maximum absolute atomic E-state index is 12.1. The third kappa shape index (κ3) is 3.26. The maximum atomic E-state index is 12.1. The van der Waals surface area contributed by atoms with E-state index in [9.17, 15) is 4.79 Å². The first kappa shape index (κ1) is 14.1. The molecule has 1 aliphatic rings. The predicted octanol–water partition coefficient (Wildman–Crippen LogP) is 2.73. The largest absolute Gasteiger partial charge is 0.378 e. The molecule has 0 aliphatic carbocycles. The van der Waals surface area contributed by atoms with Crippen LogP contribution in [0.25, 0.3) is 10.2 Å². The van der Waals surface area contributed by atoms with Crippen LogP contribution in [0.4, 0.5) is 9.93 Å². The fourth-order valence-corrected chi connectivity index (χ4v) is 3.40. The molecule has 1 aliphatic heterocycles. The number of carbonyl (C=O) groups excluding carboxylic acids is 1. The quantitative estimate of drug-likeness (QED) is 0.680. The number of anilines is 1. The normalized spacial score (nSPS) is 14.9. The molecule has 2 heterocycles. The first-order chi connectivity index (χ1) is 10.3. The van der Waals surface area contributed by atoms with E-state index in [0.29, 0.717) is 31.4 Å². The molecule has 1 aromatic heterocycles. The Bertz CT molecular complexity index is 704. The SMILES string of the molecule is N#CSc1ccc2nc(NC(=O)N3CCOCC3)sc2c1. The molecule has 0 unspecified atom stereocenters. The van der Waals surface area contributed by atoms with E-state index < -0.39 is 0 Å². The van der Waals surface area contributed by atoms with E-state index in [0.717, 1.165) is 26.9 Å². The van der Waals surface area contributed by atoms with Crippen molar-refractivity contribution in [2.45, 2.75) is 4.90 Å². The molecule has 0 spiro atoms. The number of benzene rings is 1. The molecule has 108 valence electrons. The lowest BCUT2D eigenvalue weighted by atomic mass is 10.3. The van der Waals surface area contributed by atoms with E-state index in [1.165, 1.54) is 11.3 Å². The molecule has 2 amide bonds. The summed E-state index contributed by atoms with van der Waals surface area (Å²) in [6.07, 6.45) is 0. The molecule has 2 aromatic rings. The van der Waals surface area contributed by atoms with Crippen LogP contribution in [0.1, 0.15) is 0 Å². The third-order valence-corrected chi connectivity index (χ3v) is 4.55. The van der Waals surface area contributed by atoms with E-state index >= 15 is 0 Å². The van der Waals surface area contributed by atoms with Gasteiger partial charge in [-0.2, -0.15) is 5.26 Å². The Morgan fingerprint density at radius 2 is 2.29 bits per heavy atom. The Hall–Kier alpha value is -1.82. The van der Waals surface area contributed by atoms with Gasteiger partial charge in [0.05, 0.1) is 23.4 Å². The highest BCUT2D eigenvalue weighted by molar-refractivity contribution is 8.03. The Labute approximate surface area is 129 Å². The summed E-state index contributed by atoms with van der Waals surface area (Å²) in [4.78, 5) is 19.1. The van der Waals surface area contributed by atoms with Gasteiger partial charge >= 0.3 is 6.03 Å². The number of hydrogen-bond donors (Lipinski definition) is 1. The van der Waals surface area contributed by atoms with Crippen molar-refractivity contribution in [2.24, 2.45) is 0 Å². The average molecular weight is 320 g/mol. The van der Waals surface area contributed by atoms with Crippen molar-refractivity contribution < 1.29 is 9.53 Å². The first-order valence-corrected chi connectivity index (χ1v) is 8.00. The van der Waals surface area contributed by atoms with Crippen molar-refractivity contribution in [2.75, 3.05) is 31.6 Å². The van der Waals surface area contributed by atoms with Gasteiger partial charge in [0, 0.05) is 18.0 Å². The van der Waals surface area contributed by atoms with Crippen LogP contribution >= 0.6 is 23.1 Å². The second kappa shape index (κ2) is 6.30. The first-order valence-electron chi connectivity index (χ1n) is 6.36. The molecule has 0 radical (unpaired) electrons. The lowest BCUT2D eigenvalue weighted by Crippen LogP contribution is -2.43. The summed E-state index contributed by atoms with van der Waals surface area (Å²) >= 11 is 2.52. The number of ether oxygens (including phenoxy) is 1. The number of thiazole rings is 1. The zero-order valence-corrected chi connectivity index (χ0v) is 12.7. The molecule has 21 heavy (non-hydrogen) atoms. The average Bonchev–Trinajstić information content (AvgIpc) is 2.90. The number of nitrogens with zero attached hydrogens (tertiary/aromatic N) is 3. The highest BCUT2D eigenvalue weighted by Gasteiger charge is 2.18. The maximum Gasteiger partial charge on any atom is 0.323 e. The zero-order valence-electron chi connectivity index (χ0n) is 11.0. The summed E-state index contributed by atoms with van der Waals surface area (Å²) in [5.41, 5.74) is 0.819. The predicted molar refractivity (Wildman–Crippen MR) is 82.5 cm³/mol. The van der Waals surface area contributed by atoms with Crippen molar-refractivity contribution in [3.63, 3.8) is 0 Å². The van der Waals surface area contributed by atoms with Gasteiger partial charge in [-0.25, -0.2) is 9.78 Å². The van der Waals surface area contributed by atoms with Crippen LogP contribution in [0, 0.1) is 10.7 Å². The number of thiocyanates is 1. The van der Waals surface area contributed by atoms with Gasteiger partial charge in [-0.3, -0.25) is 5.32 Å². The van der Waals surface area contributed by atoms with Crippen LogP contribution in [-0.4, -0.2) is 42.2 Å². The number of urea groups is 1. The minimum atomic E-state index is -0.149. The molecule has 1 fully saturated rings. The fourth-order valence-electron chi connectivity index (χ4n) is 2.01. The molecule has 3 rings (SSSR count). The minimum absolute atomic E-state index is 0.149. The molecule has 1 N–H and O–H groups in total. The van der Waals surface area contributed by atoms with Gasteiger partial charge < -0.3 is 9.64 Å². The summed E-state index contributed by atoms with van der Waals surface area (Å²) in [6, 6.07) is 5.47. The molecule has 6 nitrogen and oxygen atoms in total. The molecular weight excluding hydrogens is 308 g/mol. The van der Waals surface area contributed by atoms with E-state index in [1.54, 1.807) is 4.90 Å². The topological polar surface area (TPSA) is 78.2 Å². The molecule has 1 aromatic carbocycles. The van der Waals surface area contributed by atoms with Gasteiger partial charge in [0.25, 0.3) is 0 Å². The Balaban J connectivity index is 1.74. The Morgan fingerprint density at radius 3 is 3.05 bits per heavy atom. The fraction of sp³-hybridized carbons (Fsp3) is 0.308. The number of thioether (sulfide) groups is 1. The van der Waals surface area contributed by atoms with Crippen molar-refractivity contribution in [1.29, 1.82) is 5.26 Å². The summed E-state index contributed by atoms with van der Waals surface area (Å²) in [5.74, 6) is 0. The van der Waals surface area contributed by atoms with Crippen LogP contribution < -0.4 is 5.32 Å². The van der Waals surface area contributed by atoms with Gasteiger partial charge in [0.1, 0.15) is 5.40 Å². The number of hydrogen-bond acceptors (Lipinski definition) is 6. The number of nitrogens with one attached hydrogen (secondary N) is 1. The summed E-state index contributed by atoms with van der Waals surface area (Å²) in [6.45, 7) is 2.34. The molecular formula is C13H12N4O2S2. The van der Waals surface area contributed by atoms with Crippen LogP contribution in [0.5, 0.6) is 0 Å². The van der Waals surface area contributed by atoms with E-state index in [2.05, 4.69) is 10.3 Å². The summed E-state index contributed by atoms with van der Waals surface area (Å²) in [7, 11) is 0. The van der Waals surface area contributed by atoms with Gasteiger partial charge in [-0.15, -0.1) is 0 Å². The van der Waals surface area contributed by atoms with E-state index in [4.69, 9.17) is 10.00 Å². The molecule has 1 saturated heterocycles. The third-order valence-electron chi connectivity index (χ3n) is 3.04. The van der Waals surface area contributed by atoms with Crippen LogP contribution in [0.15, 0.2) is 23.1 Å². The van der Waals surface area contributed by atoms with Crippen LogP contribution in [0.3, 0.4) is 0 Å². The summed E-state index contributed by atoms with van der Waals surface area (Å²) in [5, 5.41) is 14.1. The van der Waals surface area contributed by atoms with E-state index in [1.807, 2.05) is 23.6 Å². The number of morpholine rings is 1. The monoisotopic (exact) mass is 320 g/mol. The van der Waals surface area contributed by atoms with Crippen molar-refractivity contribution >= 4 is 44.5 Å². The highest BCUT2D eigenvalue weighted by atomic mass is 32.2. The number of fused-ring (bicyclic) bond motifs is 1. The van der Waals surface area contributed by atoms with E-state index in [-0.39, 0.29) is 6.03 Å². The Kier molecular flexibility index (Phi) is 4.24. The van der Waals surface area contributed by atoms with Gasteiger partial charge in [-0.05, 0) is 30.0 Å². The van der Waals surface area contributed by atoms with Crippen molar-refractivity contribution in [1.82, 2.24) is 9.88 Å². The van der Waals surface area contributed by atoms with Crippen molar-refractivity contribution in [3.05, 3.63) is 18.2 Å². The van der Waals surface area contributed by atoms with Gasteiger partial charge in [0.2, 0.25) is 0 Å². The Morgan fingerprint density at radius 1 is 1.48 bits per heavy atom.